The van der Waals surface area contributed by atoms with Gasteiger partial charge in [-0.2, -0.15) is 0 Å². The summed E-state index contributed by atoms with van der Waals surface area (Å²) in [5, 5.41) is 20.7. The first kappa shape index (κ1) is 21.6. The average molecular weight is 314 g/mol. The number of rotatable bonds is 17. The van der Waals surface area contributed by atoms with E-state index < -0.39 is 6.29 Å². The highest BCUT2D eigenvalue weighted by Crippen LogP contribution is 2.11. The van der Waals surface area contributed by atoms with Gasteiger partial charge in [0.05, 0.1) is 0 Å². The molecule has 0 aliphatic rings. The second kappa shape index (κ2) is 18.7. The van der Waals surface area contributed by atoms with E-state index in [4.69, 9.17) is 10.2 Å². The zero-order valence-corrected chi connectivity index (χ0v) is 14.7. The molecule has 0 bridgehead atoms. The summed E-state index contributed by atoms with van der Waals surface area (Å²) in [6.45, 7) is 4.16. The van der Waals surface area contributed by atoms with E-state index >= 15 is 0 Å². The topological polar surface area (TPSA) is 52.5 Å². The van der Waals surface area contributed by atoms with E-state index in [2.05, 4.69) is 12.2 Å². The van der Waals surface area contributed by atoms with Gasteiger partial charge >= 0.3 is 0 Å². The maximum atomic E-state index is 8.66. The largest absolute Gasteiger partial charge is 0.368 e. The van der Waals surface area contributed by atoms with E-state index in [0.717, 1.165) is 13.1 Å². The SMILES string of the molecule is CCCCCCCCCCCCCCNCC=CCC(O)O. The molecule has 0 aromatic rings. The maximum absolute atomic E-state index is 8.66. The van der Waals surface area contributed by atoms with E-state index in [1.807, 2.05) is 6.08 Å². The molecule has 3 heteroatoms. The Morgan fingerprint density at radius 3 is 1.73 bits per heavy atom. The Morgan fingerprint density at radius 1 is 0.727 bits per heavy atom. The number of unbranched alkanes of at least 4 members (excludes halogenated alkanes) is 11. The summed E-state index contributed by atoms with van der Waals surface area (Å²) >= 11 is 0. The molecule has 0 heterocycles. The molecule has 0 aromatic carbocycles. The molecule has 3 N–H and O–H groups in total. The first-order valence-corrected chi connectivity index (χ1v) is 9.49. The first-order valence-electron chi connectivity index (χ1n) is 9.49. The second-order valence-corrected chi connectivity index (χ2v) is 6.28. The molecule has 0 atom stereocenters. The van der Waals surface area contributed by atoms with E-state index in [0.29, 0.717) is 6.42 Å². The molecular weight excluding hydrogens is 274 g/mol. The van der Waals surface area contributed by atoms with Gasteiger partial charge in [0.2, 0.25) is 0 Å². The number of hydrogen-bond acceptors (Lipinski definition) is 3. The number of aliphatic hydroxyl groups is 2. The third-order valence-electron chi connectivity index (χ3n) is 3.98. The lowest BCUT2D eigenvalue weighted by Crippen LogP contribution is -2.15. The molecule has 0 rings (SSSR count). The molecule has 0 radical (unpaired) electrons. The van der Waals surface area contributed by atoms with Crippen LogP contribution in [0.2, 0.25) is 0 Å². The van der Waals surface area contributed by atoms with Crippen LogP contribution in [0.1, 0.15) is 90.4 Å². The van der Waals surface area contributed by atoms with Crippen molar-refractivity contribution in [3.63, 3.8) is 0 Å². The molecule has 132 valence electrons. The lowest BCUT2D eigenvalue weighted by Gasteiger charge is -2.03. The molecule has 0 amide bonds. The molecule has 0 aliphatic carbocycles. The van der Waals surface area contributed by atoms with Crippen molar-refractivity contribution in [3.8, 4) is 0 Å². The standard InChI is InChI=1S/C19H39NO2/c1-2-3-4-5-6-7-8-9-10-11-12-14-17-20-18-15-13-16-19(21)22/h13,15,19-22H,2-12,14,16-18H2,1H3. The fourth-order valence-corrected chi connectivity index (χ4v) is 2.58. The quantitative estimate of drug-likeness (QED) is 0.210. The predicted octanol–water partition coefficient (Wildman–Crippen LogP) is 4.53. The van der Waals surface area contributed by atoms with Crippen molar-refractivity contribution in [3.05, 3.63) is 12.2 Å². The normalized spacial score (nSPS) is 11.8. The Morgan fingerprint density at radius 2 is 1.23 bits per heavy atom. The highest BCUT2D eigenvalue weighted by molar-refractivity contribution is 4.84. The summed E-state index contributed by atoms with van der Waals surface area (Å²) in [7, 11) is 0. The van der Waals surface area contributed by atoms with Crippen LogP contribution in [0, 0.1) is 0 Å². The summed E-state index contributed by atoms with van der Waals surface area (Å²) in [6.07, 6.45) is 19.5. The van der Waals surface area contributed by atoms with Gasteiger partial charge in [0.1, 0.15) is 0 Å². The van der Waals surface area contributed by atoms with E-state index in [1.54, 1.807) is 6.08 Å². The minimum Gasteiger partial charge on any atom is -0.368 e. The Hall–Kier alpha value is -0.380. The van der Waals surface area contributed by atoms with Crippen LogP contribution in [0.3, 0.4) is 0 Å². The minimum absolute atomic E-state index is 0.320. The molecule has 0 aliphatic heterocycles. The van der Waals surface area contributed by atoms with Gasteiger partial charge in [-0.05, 0) is 13.0 Å². The van der Waals surface area contributed by atoms with Crippen LogP contribution in [-0.4, -0.2) is 29.6 Å². The van der Waals surface area contributed by atoms with Gasteiger partial charge in [0.25, 0.3) is 0 Å². The van der Waals surface area contributed by atoms with Crippen molar-refractivity contribution >= 4 is 0 Å². The van der Waals surface area contributed by atoms with Crippen molar-refractivity contribution in [2.24, 2.45) is 0 Å². The Kier molecular flexibility index (Phi) is 18.3. The summed E-state index contributed by atoms with van der Waals surface area (Å²) < 4.78 is 0. The minimum atomic E-state index is -1.22. The molecular formula is C19H39NO2. The zero-order chi connectivity index (χ0) is 16.3. The van der Waals surface area contributed by atoms with Crippen molar-refractivity contribution in [2.75, 3.05) is 13.1 Å². The molecule has 0 fully saturated rings. The summed E-state index contributed by atoms with van der Waals surface area (Å²) in [6, 6.07) is 0. The predicted molar refractivity (Wildman–Crippen MR) is 95.9 cm³/mol. The highest BCUT2D eigenvalue weighted by Gasteiger charge is 1.93. The Labute approximate surface area is 138 Å². The Balaban J connectivity index is 3.01. The van der Waals surface area contributed by atoms with Crippen LogP contribution in [0.4, 0.5) is 0 Å². The number of hydrogen-bond donors (Lipinski definition) is 3. The average Bonchev–Trinajstić information content (AvgIpc) is 2.50. The molecule has 0 unspecified atom stereocenters. The summed E-state index contributed by atoms with van der Waals surface area (Å²) in [4.78, 5) is 0. The van der Waals surface area contributed by atoms with Crippen LogP contribution >= 0.6 is 0 Å². The van der Waals surface area contributed by atoms with Crippen molar-refractivity contribution in [1.82, 2.24) is 5.32 Å². The van der Waals surface area contributed by atoms with Gasteiger partial charge in [0, 0.05) is 13.0 Å². The number of nitrogens with one attached hydrogen (secondary N) is 1. The fourth-order valence-electron chi connectivity index (χ4n) is 2.58. The van der Waals surface area contributed by atoms with Crippen molar-refractivity contribution in [2.45, 2.75) is 96.7 Å². The lowest BCUT2D eigenvalue weighted by atomic mass is 10.1. The van der Waals surface area contributed by atoms with Gasteiger partial charge in [0.15, 0.2) is 6.29 Å². The van der Waals surface area contributed by atoms with Gasteiger partial charge in [-0.25, -0.2) is 0 Å². The van der Waals surface area contributed by atoms with Gasteiger partial charge in [-0.15, -0.1) is 0 Å². The molecule has 0 saturated heterocycles. The van der Waals surface area contributed by atoms with E-state index in [1.165, 1.54) is 77.0 Å². The van der Waals surface area contributed by atoms with Crippen LogP contribution < -0.4 is 5.32 Å². The molecule has 0 aromatic heterocycles. The molecule has 0 spiro atoms. The van der Waals surface area contributed by atoms with Gasteiger partial charge in [-0.3, -0.25) is 0 Å². The molecule has 3 nitrogen and oxygen atoms in total. The van der Waals surface area contributed by atoms with E-state index in [9.17, 15) is 0 Å². The van der Waals surface area contributed by atoms with Gasteiger partial charge in [-0.1, -0.05) is 89.7 Å². The summed E-state index contributed by atoms with van der Waals surface area (Å²) in [5.74, 6) is 0. The highest BCUT2D eigenvalue weighted by atomic mass is 16.5. The van der Waals surface area contributed by atoms with E-state index in [-0.39, 0.29) is 0 Å². The third kappa shape index (κ3) is 19.6. The van der Waals surface area contributed by atoms with Gasteiger partial charge < -0.3 is 15.5 Å². The van der Waals surface area contributed by atoms with Crippen LogP contribution in [-0.2, 0) is 0 Å². The number of aliphatic hydroxyl groups excluding tert-OH is 1. The first-order chi connectivity index (χ1) is 10.8. The maximum Gasteiger partial charge on any atom is 0.154 e. The second-order valence-electron chi connectivity index (χ2n) is 6.28. The monoisotopic (exact) mass is 313 g/mol. The van der Waals surface area contributed by atoms with Crippen LogP contribution in [0.25, 0.3) is 0 Å². The lowest BCUT2D eigenvalue weighted by molar-refractivity contribution is -0.0361. The fraction of sp³-hybridized carbons (Fsp3) is 0.895. The van der Waals surface area contributed by atoms with Crippen molar-refractivity contribution in [1.29, 1.82) is 0 Å². The smallest absolute Gasteiger partial charge is 0.154 e. The summed E-state index contributed by atoms with van der Waals surface area (Å²) in [5.41, 5.74) is 0. The van der Waals surface area contributed by atoms with Crippen LogP contribution in [0.15, 0.2) is 12.2 Å². The zero-order valence-electron chi connectivity index (χ0n) is 14.7. The third-order valence-corrected chi connectivity index (χ3v) is 3.98. The Bertz CT molecular complexity index is 229. The molecule has 22 heavy (non-hydrogen) atoms. The molecule has 0 saturated carbocycles. The van der Waals surface area contributed by atoms with Crippen LogP contribution in [0.5, 0.6) is 0 Å². The van der Waals surface area contributed by atoms with Crippen molar-refractivity contribution < 1.29 is 10.2 Å².